The minimum atomic E-state index is 0.193. The molecular weight excluding hydrogens is 316 g/mol. The van der Waals surface area contributed by atoms with Gasteiger partial charge in [-0.25, -0.2) is 0 Å². The summed E-state index contributed by atoms with van der Waals surface area (Å²) in [6.45, 7) is 13.5. The molecule has 2 aliphatic rings. The molecule has 2 heterocycles. The van der Waals surface area contributed by atoms with Gasteiger partial charge in [-0.05, 0) is 50.9 Å². The molecule has 0 radical (unpaired) electrons. The lowest BCUT2D eigenvalue weighted by Gasteiger charge is -2.37. The molecule has 2 amide bonds. The summed E-state index contributed by atoms with van der Waals surface area (Å²) in [6, 6.07) is 0. The van der Waals surface area contributed by atoms with Gasteiger partial charge >= 0.3 is 0 Å². The van der Waals surface area contributed by atoms with E-state index in [1.807, 2.05) is 9.80 Å². The second-order valence-electron chi connectivity index (χ2n) is 7.49. The second kappa shape index (κ2) is 10.1. The molecule has 1 N–H and O–H groups in total. The smallest absolute Gasteiger partial charge is 0.236 e. The van der Waals surface area contributed by atoms with Crippen molar-refractivity contribution in [2.75, 3.05) is 58.9 Å². The summed E-state index contributed by atoms with van der Waals surface area (Å²) >= 11 is 0. The van der Waals surface area contributed by atoms with Gasteiger partial charge in [-0.15, -0.1) is 0 Å². The Kier molecular flexibility index (Phi) is 8.16. The van der Waals surface area contributed by atoms with Crippen molar-refractivity contribution in [3.05, 3.63) is 0 Å². The molecule has 0 aliphatic carbocycles. The average molecular weight is 353 g/mol. The zero-order valence-corrected chi connectivity index (χ0v) is 16.3. The normalized spacial score (nSPS) is 20.8. The molecule has 0 saturated carbocycles. The molecule has 0 aromatic rings. The Balaban J connectivity index is 1.73. The van der Waals surface area contributed by atoms with Crippen LogP contribution in [-0.4, -0.2) is 85.4 Å². The first-order valence-electron chi connectivity index (χ1n) is 10.0. The fourth-order valence-corrected chi connectivity index (χ4v) is 3.93. The zero-order chi connectivity index (χ0) is 18.2. The van der Waals surface area contributed by atoms with Gasteiger partial charge in [0.05, 0.1) is 6.54 Å². The van der Waals surface area contributed by atoms with Crippen LogP contribution in [0.3, 0.4) is 0 Å². The number of likely N-dealkylation sites (N-methyl/N-ethyl adjacent to an activating group) is 1. The van der Waals surface area contributed by atoms with E-state index in [1.165, 1.54) is 12.8 Å². The fraction of sp³-hybridized carbons (Fsp3) is 0.895. The number of nitrogens with one attached hydrogen (secondary N) is 1. The predicted octanol–water partition coefficient (Wildman–Crippen LogP) is 1.02. The van der Waals surface area contributed by atoms with Gasteiger partial charge in [0.2, 0.25) is 11.8 Å². The van der Waals surface area contributed by atoms with E-state index in [9.17, 15) is 9.59 Å². The van der Waals surface area contributed by atoms with E-state index < -0.39 is 0 Å². The SMILES string of the molecule is CCN(CC)CC(=O)N1CCN(C(=O)CC(C)C2CCNCC2)CC1. The van der Waals surface area contributed by atoms with Crippen molar-refractivity contribution in [2.24, 2.45) is 11.8 Å². The summed E-state index contributed by atoms with van der Waals surface area (Å²) in [5.74, 6) is 1.58. The number of nitrogens with zero attached hydrogens (tertiary/aromatic N) is 3. The van der Waals surface area contributed by atoms with Crippen molar-refractivity contribution in [3.63, 3.8) is 0 Å². The highest BCUT2D eigenvalue weighted by atomic mass is 16.2. The Morgan fingerprint density at radius 2 is 1.52 bits per heavy atom. The fourth-order valence-electron chi connectivity index (χ4n) is 3.93. The van der Waals surface area contributed by atoms with Crippen LogP contribution in [0.5, 0.6) is 0 Å². The molecule has 2 aliphatic heterocycles. The summed E-state index contributed by atoms with van der Waals surface area (Å²) in [6.07, 6.45) is 3.02. The number of piperidine rings is 1. The molecule has 2 fully saturated rings. The molecule has 6 nitrogen and oxygen atoms in total. The number of piperazine rings is 1. The lowest BCUT2D eigenvalue weighted by molar-refractivity contribution is -0.140. The molecule has 6 heteroatoms. The maximum atomic E-state index is 12.6. The van der Waals surface area contributed by atoms with Crippen LogP contribution in [-0.2, 0) is 9.59 Å². The van der Waals surface area contributed by atoms with E-state index in [0.29, 0.717) is 51.0 Å². The minimum absolute atomic E-state index is 0.193. The molecule has 2 saturated heterocycles. The van der Waals surface area contributed by atoms with Crippen LogP contribution < -0.4 is 5.32 Å². The quantitative estimate of drug-likeness (QED) is 0.743. The number of rotatable bonds is 7. The molecule has 25 heavy (non-hydrogen) atoms. The van der Waals surface area contributed by atoms with Crippen molar-refractivity contribution < 1.29 is 9.59 Å². The van der Waals surface area contributed by atoms with Gasteiger partial charge in [0, 0.05) is 32.6 Å². The molecule has 0 spiro atoms. The number of hydrogen-bond acceptors (Lipinski definition) is 4. The Labute approximate surface area is 152 Å². The molecule has 1 unspecified atom stereocenters. The maximum Gasteiger partial charge on any atom is 0.236 e. The average Bonchev–Trinajstić information content (AvgIpc) is 2.66. The first-order chi connectivity index (χ1) is 12.0. The van der Waals surface area contributed by atoms with Crippen molar-refractivity contribution in [1.29, 1.82) is 0 Å². The van der Waals surface area contributed by atoms with E-state index in [0.717, 1.165) is 26.2 Å². The summed E-state index contributed by atoms with van der Waals surface area (Å²) < 4.78 is 0. The van der Waals surface area contributed by atoms with Crippen molar-refractivity contribution in [2.45, 2.75) is 40.0 Å². The Bertz CT molecular complexity index is 425. The Morgan fingerprint density at radius 3 is 2.04 bits per heavy atom. The topological polar surface area (TPSA) is 55.9 Å². The van der Waals surface area contributed by atoms with E-state index in [1.54, 1.807) is 0 Å². The summed E-state index contributed by atoms with van der Waals surface area (Å²) in [7, 11) is 0. The van der Waals surface area contributed by atoms with Gasteiger partial charge in [-0.1, -0.05) is 20.8 Å². The van der Waals surface area contributed by atoms with Gasteiger partial charge in [0.25, 0.3) is 0 Å². The van der Waals surface area contributed by atoms with Crippen LogP contribution in [0.25, 0.3) is 0 Å². The lowest BCUT2D eigenvalue weighted by Crippen LogP contribution is -2.52. The van der Waals surface area contributed by atoms with E-state index in [-0.39, 0.29) is 11.8 Å². The first-order valence-corrected chi connectivity index (χ1v) is 10.0. The standard InChI is InChI=1S/C19H36N4O2/c1-4-21(5-2)15-19(25)23-12-10-22(11-13-23)18(24)14-16(3)17-6-8-20-9-7-17/h16-17,20H,4-15H2,1-3H3. The number of hydrogen-bond donors (Lipinski definition) is 1. The third-order valence-corrected chi connectivity index (χ3v) is 5.92. The predicted molar refractivity (Wildman–Crippen MR) is 100 cm³/mol. The van der Waals surface area contributed by atoms with Crippen LogP contribution >= 0.6 is 0 Å². The van der Waals surface area contributed by atoms with Crippen LogP contribution in [0.15, 0.2) is 0 Å². The number of amides is 2. The van der Waals surface area contributed by atoms with Gasteiger partial charge in [0.1, 0.15) is 0 Å². The lowest BCUT2D eigenvalue weighted by atomic mass is 9.84. The minimum Gasteiger partial charge on any atom is -0.339 e. The number of carbonyl (C=O) groups is 2. The van der Waals surface area contributed by atoms with E-state index >= 15 is 0 Å². The summed E-state index contributed by atoms with van der Waals surface area (Å²) in [5, 5.41) is 3.39. The van der Waals surface area contributed by atoms with E-state index in [2.05, 4.69) is 31.0 Å². The second-order valence-corrected chi connectivity index (χ2v) is 7.49. The molecule has 0 aromatic heterocycles. The highest BCUT2D eigenvalue weighted by Crippen LogP contribution is 2.25. The van der Waals surface area contributed by atoms with E-state index in [4.69, 9.17) is 0 Å². The molecule has 0 bridgehead atoms. The van der Waals surface area contributed by atoms with Crippen molar-refractivity contribution >= 4 is 11.8 Å². The molecule has 2 rings (SSSR count). The first kappa shape index (κ1) is 20.2. The van der Waals surface area contributed by atoms with Crippen molar-refractivity contribution in [1.82, 2.24) is 20.0 Å². The molecular formula is C19H36N4O2. The maximum absolute atomic E-state index is 12.6. The largest absolute Gasteiger partial charge is 0.339 e. The zero-order valence-electron chi connectivity index (χ0n) is 16.3. The van der Waals surface area contributed by atoms with Crippen molar-refractivity contribution in [3.8, 4) is 0 Å². The monoisotopic (exact) mass is 352 g/mol. The third-order valence-electron chi connectivity index (χ3n) is 5.92. The molecule has 0 aromatic carbocycles. The van der Waals surface area contributed by atoms with Gasteiger partial charge in [0.15, 0.2) is 0 Å². The van der Waals surface area contributed by atoms with Crippen LogP contribution in [0.4, 0.5) is 0 Å². The summed E-state index contributed by atoms with van der Waals surface area (Å²) in [4.78, 5) is 31.0. The number of carbonyl (C=O) groups excluding carboxylic acids is 2. The van der Waals surface area contributed by atoms with Gasteiger partial charge in [-0.2, -0.15) is 0 Å². The van der Waals surface area contributed by atoms with Gasteiger partial charge < -0.3 is 15.1 Å². The van der Waals surface area contributed by atoms with Crippen LogP contribution in [0.1, 0.15) is 40.0 Å². The third kappa shape index (κ3) is 5.96. The Hall–Kier alpha value is -1.14. The highest BCUT2D eigenvalue weighted by molar-refractivity contribution is 5.79. The summed E-state index contributed by atoms with van der Waals surface area (Å²) in [5.41, 5.74) is 0. The highest BCUT2D eigenvalue weighted by Gasteiger charge is 2.27. The molecule has 144 valence electrons. The van der Waals surface area contributed by atoms with Crippen LogP contribution in [0.2, 0.25) is 0 Å². The van der Waals surface area contributed by atoms with Gasteiger partial charge in [-0.3, -0.25) is 14.5 Å². The molecule has 1 atom stereocenters. The van der Waals surface area contributed by atoms with Crippen LogP contribution in [0, 0.1) is 11.8 Å². The Morgan fingerprint density at radius 1 is 1.00 bits per heavy atom.